The van der Waals surface area contributed by atoms with Gasteiger partial charge in [0, 0.05) is 0 Å². The van der Waals surface area contributed by atoms with E-state index in [1.807, 2.05) is 23.1 Å². The van der Waals surface area contributed by atoms with Crippen LogP contribution in [0.25, 0.3) is 10.2 Å². The van der Waals surface area contributed by atoms with Gasteiger partial charge in [0.15, 0.2) is 15.0 Å². The van der Waals surface area contributed by atoms with Crippen LogP contribution in [-0.4, -0.2) is 51.4 Å². The SMILES string of the molecule is COc1cccc2sc(N3CC(OC(=O)CCS(=O)(=O)c4ccc(F)cc4)C3)nc12. The van der Waals surface area contributed by atoms with Crippen molar-refractivity contribution in [3.63, 3.8) is 0 Å². The standard InChI is InChI=1S/C20H19FN2O5S2/c1-27-16-3-2-4-17-19(16)22-20(29-17)23-11-14(12-23)28-18(24)9-10-30(25,26)15-7-5-13(21)6-8-15/h2-8,14H,9-12H2,1H3. The minimum absolute atomic E-state index is 0.0159. The Morgan fingerprint density at radius 3 is 2.67 bits per heavy atom. The maximum Gasteiger partial charge on any atom is 0.307 e. The van der Waals surface area contributed by atoms with Gasteiger partial charge in [-0.2, -0.15) is 0 Å². The minimum atomic E-state index is -3.67. The number of nitrogens with zero attached hydrogens (tertiary/aromatic N) is 2. The number of thiazole rings is 1. The smallest absolute Gasteiger partial charge is 0.307 e. The van der Waals surface area contributed by atoms with Crippen molar-refractivity contribution in [2.75, 3.05) is 30.9 Å². The summed E-state index contributed by atoms with van der Waals surface area (Å²) in [7, 11) is -2.07. The quantitative estimate of drug-likeness (QED) is 0.404. The number of sulfone groups is 1. The summed E-state index contributed by atoms with van der Waals surface area (Å²) >= 11 is 1.53. The van der Waals surface area contributed by atoms with Crippen molar-refractivity contribution < 1.29 is 27.1 Å². The Bertz CT molecular complexity index is 1170. The minimum Gasteiger partial charge on any atom is -0.494 e. The molecule has 7 nitrogen and oxygen atoms in total. The van der Waals surface area contributed by atoms with Gasteiger partial charge < -0.3 is 14.4 Å². The van der Waals surface area contributed by atoms with E-state index in [9.17, 15) is 17.6 Å². The number of benzene rings is 2. The molecule has 1 saturated heterocycles. The van der Waals surface area contributed by atoms with Crippen LogP contribution < -0.4 is 9.64 Å². The average Bonchev–Trinajstić information content (AvgIpc) is 3.13. The Kier molecular flexibility index (Phi) is 5.61. The van der Waals surface area contributed by atoms with Crippen molar-refractivity contribution >= 4 is 42.5 Å². The van der Waals surface area contributed by atoms with Crippen LogP contribution in [0.15, 0.2) is 47.4 Å². The van der Waals surface area contributed by atoms with E-state index in [1.165, 1.54) is 23.5 Å². The zero-order valence-electron chi connectivity index (χ0n) is 16.1. The molecule has 0 spiro atoms. The molecule has 0 saturated carbocycles. The highest BCUT2D eigenvalue weighted by Crippen LogP contribution is 2.35. The van der Waals surface area contributed by atoms with E-state index in [4.69, 9.17) is 9.47 Å². The van der Waals surface area contributed by atoms with E-state index in [0.717, 1.165) is 27.5 Å². The Hall–Kier alpha value is -2.72. The van der Waals surface area contributed by atoms with E-state index in [2.05, 4.69) is 4.98 Å². The van der Waals surface area contributed by atoms with Gasteiger partial charge in [-0.25, -0.2) is 17.8 Å². The van der Waals surface area contributed by atoms with Crippen LogP contribution in [0.1, 0.15) is 6.42 Å². The third-order valence-electron chi connectivity index (χ3n) is 4.75. The third-order valence-corrected chi connectivity index (χ3v) is 7.57. The summed E-state index contributed by atoms with van der Waals surface area (Å²) in [5.41, 5.74) is 0.798. The second kappa shape index (κ2) is 8.19. The van der Waals surface area contributed by atoms with Crippen molar-refractivity contribution in [1.29, 1.82) is 0 Å². The molecule has 3 aromatic rings. The Balaban J connectivity index is 1.29. The summed E-state index contributed by atoms with van der Waals surface area (Å²) in [6.07, 6.45) is -0.561. The number of anilines is 1. The number of carbonyl (C=O) groups excluding carboxylic acids is 1. The number of esters is 1. The Morgan fingerprint density at radius 1 is 1.23 bits per heavy atom. The molecular formula is C20H19FN2O5S2. The molecular weight excluding hydrogens is 431 g/mol. The fraction of sp³-hybridized carbons (Fsp3) is 0.300. The summed E-state index contributed by atoms with van der Waals surface area (Å²) in [5, 5.41) is 0.820. The van der Waals surface area contributed by atoms with Crippen LogP contribution in [0, 0.1) is 5.82 Å². The molecule has 4 rings (SSSR count). The van der Waals surface area contributed by atoms with Gasteiger partial charge in [0.1, 0.15) is 23.2 Å². The normalized spacial score (nSPS) is 14.5. The number of hydrogen-bond acceptors (Lipinski definition) is 8. The fourth-order valence-corrected chi connectivity index (χ4v) is 5.33. The van der Waals surface area contributed by atoms with Gasteiger partial charge in [-0.05, 0) is 36.4 Å². The number of halogens is 1. The summed E-state index contributed by atoms with van der Waals surface area (Å²) in [4.78, 5) is 18.6. The maximum absolute atomic E-state index is 12.9. The number of fused-ring (bicyclic) bond motifs is 1. The molecule has 158 valence electrons. The van der Waals surface area contributed by atoms with Crippen LogP contribution >= 0.6 is 11.3 Å². The lowest BCUT2D eigenvalue weighted by Crippen LogP contribution is -2.53. The molecule has 0 unspecified atom stereocenters. The van der Waals surface area contributed by atoms with E-state index < -0.39 is 21.6 Å². The number of rotatable bonds is 7. The molecule has 0 bridgehead atoms. The monoisotopic (exact) mass is 450 g/mol. The zero-order chi connectivity index (χ0) is 21.3. The second-order valence-corrected chi connectivity index (χ2v) is 9.96. The average molecular weight is 451 g/mol. The largest absolute Gasteiger partial charge is 0.494 e. The van der Waals surface area contributed by atoms with Gasteiger partial charge in [0.2, 0.25) is 0 Å². The van der Waals surface area contributed by atoms with Crippen LogP contribution in [0.5, 0.6) is 5.75 Å². The molecule has 1 fully saturated rings. The van der Waals surface area contributed by atoms with E-state index >= 15 is 0 Å². The second-order valence-electron chi connectivity index (χ2n) is 6.84. The molecule has 0 N–H and O–H groups in total. The van der Waals surface area contributed by atoms with Gasteiger partial charge in [0.25, 0.3) is 0 Å². The lowest BCUT2D eigenvalue weighted by Gasteiger charge is -2.38. The van der Waals surface area contributed by atoms with Crippen molar-refractivity contribution in [2.45, 2.75) is 17.4 Å². The van der Waals surface area contributed by atoms with Crippen molar-refractivity contribution in [3.8, 4) is 5.75 Å². The molecule has 0 aliphatic carbocycles. The van der Waals surface area contributed by atoms with E-state index in [-0.39, 0.29) is 23.2 Å². The third kappa shape index (κ3) is 4.24. The summed E-state index contributed by atoms with van der Waals surface area (Å²) in [6.45, 7) is 0.997. The lowest BCUT2D eigenvalue weighted by molar-refractivity contribution is -0.149. The molecule has 2 heterocycles. The van der Waals surface area contributed by atoms with Crippen LogP contribution in [-0.2, 0) is 19.4 Å². The van der Waals surface area contributed by atoms with Crippen LogP contribution in [0.4, 0.5) is 9.52 Å². The summed E-state index contributed by atoms with van der Waals surface area (Å²) < 4.78 is 49.1. The van der Waals surface area contributed by atoms with Gasteiger partial charge in [-0.15, -0.1) is 0 Å². The number of ether oxygens (including phenoxy) is 2. The van der Waals surface area contributed by atoms with E-state index in [1.54, 1.807) is 7.11 Å². The van der Waals surface area contributed by atoms with Crippen molar-refractivity contribution in [1.82, 2.24) is 4.98 Å². The highest BCUT2D eigenvalue weighted by molar-refractivity contribution is 7.91. The van der Waals surface area contributed by atoms with E-state index in [0.29, 0.717) is 18.8 Å². The first-order valence-electron chi connectivity index (χ1n) is 9.22. The topological polar surface area (TPSA) is 85.8 Å². The van der Waals surface area contributed by atoms with Gasteiger partial charge in [-0.1, -0.05) is 17.4 Å². The maximum atomic E-state index is 12.9. The zero-order valence-corrected chi connectivity index (χ0v) is 17.7. The van der Waals surface area contributed by atoms with Gasteiger partial charge in [0.05, 0.1) is 42.0 Å². The van der Waals surface area contributed by atoms with Crippen molar-refractivity contribution in [3.05, 3.63) is 48.3 Å². The predicted octanol–water partition coefficient (Wildman–Crippen LogP) is 3.04. The fourth-order valence-electron chi connectivity index (χ4n) is 3.10. The van der Waals surface area contributed by atoms with Gasteiger partial charge >= 0.3 is 5.97 Å². The number of methoxy groups -OCH3 is 1. The molecule has 2 aromatic carbocycles. The molecule has 1 aliphatic heterocycles. The predicted molar refractivity (Wildman–Crippen MR) is 111 cm³/mol. The highest BCUT2D eigenvalue weighted by atomic mass is 32.2. The highest BCUT2D eigenvalue weighted by Gasteiger charge is 2.32. The molecule has 0 radical (unpaired) electrons. The van der Waals surface area contributed by atoms with Gasteiger partial charge in [-0.3, -0.25) is 4.79 Å². The molecule has 1 aromatic heterocycles. The number of para-hydroxylation sites is 1. The van der Waals surface area contributed by atoms with Crippen LogP contribution in [0.3, 0.4) is 0 Å². The molecule has 30 heavy (non-hydrogen) atoms. The lowest BCUT2D eigenvalue weighted by atomic mass is 10.2. The molecule has 10 heteroatoms. The van der Waals surface area contributed by atoms with Crippen LogP contribution in [0.2, 0.25) is 0 Å². The first kappa shape index (κ1) is 20.5. The summed E-state index contributed by atoms with van der Waals surface area (Å²) in [6, 6.07) is 10.3. The molecule has 0 atom stereocenters. The molecule has 0 amide bonds. The number of carbonyl (C=O) groups is 1. The summed E-state index contributed by atoms with van der Waals surface area (Å²) in [5.74, 6) is -0.766. The Labute approximate surface area is 177 Å². The Morgan fingerprint density at radius 2 is 1.97 bits per heavy atom. The first-order chi connectivity index (χ1) is 14.4. The molecule has 1 aliphatic rings. The number of aromatic nitrogens is 1. The van der Waals surface area contributed by atoms with Crippen molar-refractivity contribution in [2.24, 2.45) is 0 Å². The number of hydrogen-bond donors (Lipinski definition) is 0. The first-order valence-corrected chi connectivity index (χ1v) is 11.7.